The van der Waals surface area contributed by atoms with Gasteiger partial charge in [-0.15, -0.1) is 0 Å². The van der Waals surface area contributed by atoms with Crippen molar-refractivity contribution in [1.82, 2.24) is 0 Å². The van der Waals surface area contributed by atoms with E-state index in [2.05, 4.69) is 16.0 Å². The molecule has 2 aromatic rings. The number of nitro benzene ring substituents is 1. The number of carbonyl (C=O) groups excluding carboxylic acids is 2. The number of hydrogen-bond donors (Lipinski definition) is 3. The second-order valence-electron chi connectivity index (χ2n) is 5.32. The number of nitrogens with zero attached hydrogens (tertiary/aromatic N) is 1. The third kappa shape index (κ3) is 3.50. The number of hydrogen-bond acceptors (Lipinski definition) is 5. The summed E-state index contributed by atoms with van der Waals surface area (Å²) in [5, 5.41) is 18.8. The number of fused-ring (bicyclic) bond motifs is 1. The van der Waals surface area contributed by atoms with Crippen LogP contribution in [0.15, 0.2) is 36.4 Å². The molecule has 3 rings (SSSR count). The molecule has 0 unspecified atom stereocenters. The van der Waals surface area contributed by atoms with Crippen molar-refractivity contribution < 1.29 is 19.2 Å². The maximum atomic E-state index is 12.1. The molecule has 0 atom stereocenters. The Balaban J connectivity index is 1.74. The molecule has 0 fully saturated rings. The van der Waals surface area contributed by atoms with E-state index in [1.54, 1.807) is 18.2 Å². The van der Waals surface area contributed by atoms with Crippen LogP contribution in [0.2, 0.25) is 0 Å². The van der Waals surface area contributed by atoms with Crippen LogP contribution in [0.5, 0.6) is 5.75 Å². The SMILES string of the molecule is COc1ccc(NC(=O)Nc2ccc3c(c2)CC(=O)N3)c([N+](=O)[O-])c1. The average Bonchev–Trinajstić information content (AvgIpc) is 2.94. The Hall–Kier alpha value is -3.62. The molecule has 0 aromatic heterocycles. The number of rotatable bonds is 4. The third-order valence-corrected chi connectivity index (χ3v) is 3.64. The van der Waals surface area contributed by atoms with Gasteiger partial charge in [0.25, 0.3) is 5.69 Å². The summed E-state index contributed by atoms with van der Waals surface area (Å²) in [6.07, 6.45) is 0.246. The van der Waals surface area contributed by atoms with Crippen LogP contribution in [0.1, 0.15) is 5.56 Å². The largest absolute Gasteiger partial charge is 0.496 e. The van der Waals surface area contributed by atoms with Crippen LogP contribution in [0.4, 0.5) is 27.5 Å². The number of carbonyl (C=O) groups is 2. The molecular formula is C16H14N4O5. The summed E-state index contributed by atoms with van der Waals surface area (Å²) in [6, 6.07) is 8.48. The summed E-state index contributed by atoms with van der Waals surface area (Å²) >= 11 is 0. The van der Waals surface area contributed by atoms with E-state index in [-0.39, 0.29) is 23.7 Å². The van der Waals surface area contributed by atoms with E-state index >= 15 is 0 Å². The molecule has 3 N–H and O–H groups in total. The standard InChI is InChI=1S/C16H14N4O5/c1-25-11-3-5-13(14(8-11)20(23)24)19-16(22)17-10-2-4-12-9(6-10)7-15(21)18-12/h2-6,8H,7H2,1H3,(H,18,21)(H2,17,19,22). The molecule has 9 heteroatoms. The Morgan fingerprint density at radius 3 is 2.76 bits per heavy atom. The lowest BCUT2D eigenvalue weighted by atomic mass is 10.1. The highest BCUT2D eigenvalue weighted by molar-refractivity contribution is 6.03. The van der Waals surface area contributed by atoms with Gasteiger partial charge in [-0.3, -0.25) is 14.9 Å². The fourth-order valence-corrected chi connectivity index (χ4v) is 2.49. The Morgan fingerprint density at radius 1 is 1.24 bits per heavy atom. The molecule has 0 bridgehead atoms. The van der Waals surface area contributed by atoms with Gasteiger partial charge < -0.3 is 20.7 Å². The minimum atomic E-state index is -0.634. The highest BCUT2D eigenvalue weighted by Gasteiger charge is 2.19. The fourth-order valence-electron chi connectivity index (χ4n) is 2.49. The van der Waals surface area contributed by atoms with E-state index in [0.717, 1.165) is 5.56 Å². The van der Waals surface area contributed by atoms with Crippen LogP contribution in [0, 0.1) is 10.1 Å². The van der Waals surface area contributed by atoms with Gasteiger partial charge in [-0.25, -0.2) is 4.79 Å². The molecular weight excluding hydrogens is 328 g/mol. The highest BCUT2D eigenvalue weighted by atomic mass is 16.6. The molecule has 0 aliphatic carbocycles. The van der Waals surface area contributed by atoms with Gasteiger partial charge in [0.05, 0.1) is 24.5 Å². The van der Waals surface area contributed by atoms with Crippen molar-refractivity contribution in [3.05, 3.63) is 52.1 Å². The first kappa shape index (κ1) is 16.2. The molecule has 0 radical (unpaired) electrons. The number of urea groups is 1. The Kier molecular flexibility index (Phi) is 4.21. The summed E-state index contributed by atoms with van der Waals surface area (Å²) in [6.45, 7) is 0. The van der Waals surface area contributed by atoms with Crippen LogP contribution < -0.4 is 20.7 Å². The Morgan fingerprint density at radius 2 is 2.04 bits per heavy atom. The van der Waals surface area contributed by atoms with Crippen molar-refractivity contribution in [1.29, 1.82) is 0 Å². The lowest BCUT2D eigenvalue weighted by molar-refractivity contribution is -0.384. The zero-order chi connectivity index (χ0) is 18.0. The van der Waals surface area contributed by atoms with E-state index in [1.165, 1.54) is 25.3 Å². The minimum Gasteiger partial charge on any atom is -0.496 e. The predicted octanol–water partition coefficient (Wildman–Crippen LogP) is 2.74. The number of amides is 3. The average molecular weight is 342 g/mol. The van der Waals surface area contributed by atoms with E-state index < -0.39 is 11.0 Å². The van der Waals surface area contributed by atoms with Crippen molar-refractivity contribution in [2.24, 2.45) is 0 Å². The first-order valence-corrected chi connectivity index (χ1v) is 7.29. The van der Waals surface area contributed by atoms with Gasteiger partial charge in [-0.1, -0.05) is 0 Å². The van der Waals surface area contributed by atoms with Crippen molar-refractivity contribution in [3.63, 3.8) is 0 Å². The number of benzene rings is 2. The van der Waals surface area contributed by atoms with E-state index in [0.29, 0.717) is 17.1 Å². The molecule has 9 nitrogen and oxygen atoms in total. The Bertz CT molecular complexity index is 881. The van der Waals surface area contributed by atoms with E-state index in [4.69, 9.17) is 4.74 Å². The molecule has 1 aliphatic rings. The van der Waals surface area contributed by atoms with Crippen LogP contribution in [-0.4, -0.2) is 24.0 Å². The van der Waals surface area contributed by atoms with Crippen LogP contribution in [0.3, 0.4) is 0 Å². The molecule has 25 heavy (non-hydrogen) atoms. The molecule has 1 heterocycles. The maximum Gasteiger partial charge on any atom is 0.323 e. The van der Waals surface area contributed by atoms with Gasteiger partial charge in [0, 0.05) is 11.4 Å². The minimum absolute atomic E-state index is 0.0429. The van der Waals surface area contributed by atoms with Crippen LogP contribution in [0.25, 0.3) is 0 Å². The highest BCUT2D eigenvalue weighted by Crippen LogP contribution is 2.29. The predicted molar refractivity (Wildman–Crippen MR) is 91.1 cm³/mol. The third-order valence-electron chi connectivity index (χ3n) is 3.64. The zero-order valence-electron chi connectivity index (χ0n) is 13.2. The van der Waals surface area contributed by atoms with E-state index in [9.17, 15) is 19.7 Å². The molecule has 1 aliphatic heterocycles. The summed E-state index contributed by atoms with van der Waals surface area (Å²) in [5.41, 5.74) is 1.73. The summed E-state index contributed by atoms with van der Waals surface area (Å²) in [7, 11) is 1.40. The lowest BCUT2D eigenvalue weighted by Gasteiger charge is -2.10. The van der Waals surface area contributed by atoms with Gasteiger partial charge in [0.2, 0.25) is 5.91 Å². The van der Waals surface area contributed by atoms with Crippen LogP contribution in [-0.2, 0) is 11.2 Å². The van der Waals surface area contributed by atoms with Crippen LogP contribution >= 0.6 is 0 Å². The van der Waals surface area contributed by atoms with E-state index in [1.807, 2.05) is 0 Å². The molecule has 0 saturated carbocycles. The maximum absolute atomic E-state index is 12.1. The molecule has 2 aromatic carbocycles. The van der Waals surface area contributed by atoms with Gasteiger partial charge in [0.1, 0.15) is 11.4 Å². The smallest absolute Gasteiger partial charge is 0.323 e. The molecule has 128 valence electrons. The molecule has 3 amide bonds. The van der Waals surface area contributed by atoms with Gasteiger partial charge in [-0.05, 0) is 35.9 Å². The summed E-state index contributed by atoms with van der Waals surface area (Å²) < 4.78 is 4.95. The van der Waals surface area contributed by atoms with Crippen molar-refractivity contribution in [2.45, 2.75) is 6.42 Å². The van der Waals surface area contributed by atoms with Crippen molar-refractivity contribution >= 4 is 34.7 Å². The molecule has 0 saturated heterocycles. The normalized spacial score (nSPS) is 12.1. The first-order chi connectivity index (χ1) is 12.0. The second-order valence-corrected chi connectivity index (χ2v) is 5.32. The lowest BCUT2D eigenvalue weighted by Crippen LogP contribution is -2.20. The second kappa shape index (κ2) is 6.48. The number of anilines is 3. The van der Waals surface area contributed by atoms with Crippen molar-refractivity contribution in [3.8, 4) is 5.75 Å². The quantitative estimate of drug-likeness (QED) is 0.582. The zero-order valence-corrected chi connectivity index (χ0v) is 13.2. The molecule has 0 spiro atoms. The number of nitro groups is 1. The van der Waals surface area contributed by atoms with Crippen molar-refractivity contribution in [2.75, 3.05) is 23.1 Å². The summed E-state index contributed by atoms with van der Waals surface area (Å²) in [4.78, 5) is 34.0. The Labute approximate surface area is 142 Å². The number of nitrogens with one attached hydrogen (secondary N) is 3. The number of ether oxygens (including phenoxy) is 1. The van der Waals surface area contributed by atoms with Gasteiger partial charge in [0.15, 0.2) is 0 Å². The topological polar surface area (TPSA) is 123 Å². The fraction of sp³-hybridized carbons (Fsp3) is 0.125. The monoisotopic (exact) mass is 342 g/mol. The van der Waals surface area contributed by atoms with Gasteiger partial charge >= 0.3 is 6.03 Å². The van der Waals surface area contributed by atoms with Gasteiger partial charge in [-0.2, -0.15) is 0 Å². The summed E-state index contributed by atoms with van der Waals surface area (Å²) in [5.74, 6) is 0.207. The number of methoxy groups -OCH3 is 1. The first-order valence-electron chi connectivity index (χ1n) is 7.29.